The number of fused-ring (bicyclic) bond motifs is 1. The van der Waals surface area contributed by atoms with Gasteiger partial charge in [-0.3, -0.25) is 0 Å². The number of rotatable bonds is 13. The number of para-hydroxylation sites is 2. The summed E-state index contributed by atoms with van der Waals surface area (Å²) in [5.41, 5.74) is 2.50. The zero-order valence-corrected chi connectivity index (χ0v) is 21.5. The highest BCUT2D eigenvalue weighted by atomic mass is 32.2. The molecule has 4 aromatic rings. The van der Waals surface area contributed by atoms with Crippen molar-refractivity contribution in [3.63, 3.8) is 0 Å². The van der Waals surface area contributed by atoms with Crippen LogP contribution in [0.1, 0.15) is 51.1 Å². The fourth-order valence-corrected chi connectivity index (χ4v) is 5.27. The van der Waals surface area contributed by atoms with E-state index in [-0.39, 0.29) is 10.6 Å². The van der Waals surface area contributed by atoms with Crippen molar-refractivity contribution in [3.05, 3.63) is 84.6 Å². The van der Waals surface area contributed by atoms with E-state index in [0.717, 1.165) is 17.9 Å². The Balaban J connectivity index is 1.47. The number of hydrogen-bond donors (Lipinski definition) is 1. The Morgan fingerprint density at radius 3 is 2.11 bits per heavy atom. The first-order valence-corrected chi connectivity index (χ1v) is 14.2. The van der Waals surface area contributed by atoms with Crippen LogP contribution in [-0.4, -0.2) is 25.0 Å². The van der Waals surface area contributed by atoms with Crippen LogP contribution in [0.5, 0.6) is 5.75 Å². The van der Waals surface area contributed by atoms with Gasteiger partial charge in [-0.25, -0.2) is 18.4 Å². The van der Waals surface area contributed by atoms with E-state index in [1.54, 1.807) is 30.3 Å². The lowest BCUT2D eigenvalue weighted by Crippen LogP contribution is -2.10. The van der Waals surface area contributed by atoms with Crippen molar-refractivity contribution in [2.24, 2.45) is 0 Å². The molecule has 0 aliphatic rings. The predicted molar refractivity (Wildman–Crippen MR) is 145 cm³/mol. The van der Waals surface area contributed by atoms with Crippen molar-refractivity contribution in [3.8, 4) is 5.75 Å². The summed E-state index contributed by atoms with van der Waals surface area (Å²) in [4.78, 5) is 9.60. The molecule has 0 atom stereocenters. The van der Waals surface area contributed by atoms with Gasteiger partial charge in [0.2, 0.25) is 0 Å². The minimum absolute atomic E-state index is 0.253. The quantitative estimate of drug-likeness (QED) is 0.196. The number of hydrogen-bond acceptors (Lipinski definition) is 6. The third kappa shape index (κ3) is 7.04. The Morgan fingerprint density at radius 1 is 0.750 bits per heavy atom. The summed E-state index contributed by atoms with van der Waals surface area (Å²) in [5, 5.41) is 3.27. The summed E-state index contributed by atoms with van der Waals surface area (Å²) in [7, 11) is -3.59. The minimum atomic E-state index is -3.59. The molecule has 1 heterocycles. The summed E-state index contributed by atoms with van der Waals surface area (Å²) in [6, 6.07) is 23.5. The molecular weight excluding hydrogens is 470 g/mol. The van der Waals surface area contributed by atoms with Crippen LogP contribution in [-0.2, 0) is 15.6 Å². The molecule has 0 fully saturated rings. The first-order valence-electron chi connectivity index (χ1n) is 12.6. The van der Waals surface area contributed by atoms with E-state index < -0.39 is 9.84 Å². The summed E-state index contributed by atoms with van der Waals surface area (Å²) < 4.78 is 32.0. The largest absolute Gasteiger partial charge is 0.494 e. The van der Waals surface area contributed by atoms with Crippen LogP contribution in [0.3, 0.4) is 0 Å². The maximum Gasteiger partial charge on any atom is 0.184 e. The number of nitrogens with one attached hydrogen (secondary N) is 1. The standard InChI is InChI=1S/C29H33N3O3S/c1-2-3-4-5-6-12-21-35-24-19-17-23(18-20-24)30-29-28(31-26-15-10-11-16-27(26)32-29)22-36(33,34)25-13-8-7-9-14-25/h7-11,13-20H,2-6,12,21-22H2,1H3,(H,30,32). The van der Waals surface area contributed by atoms with Crippen molar-refractivity contribution in [1.82, 2.24) is 9.97 Å². The second kappa shape index (κ2) is 12.5. The molecule has 1 aromatic heterocycles. The Morgan fingerprint density at radius 2 is 1.39 bits per heavy atom. The van der Waals surface area contributed by atoms with Gasteiger partial charge in [-0.15, -0.1) is 0 Å². The molecule has 188 valence electrons. The van der Waals surface area contributed by atoms with Crippen molar-refractivity contribution in [2.75, 3.05) is 11.9 Å². The minimum Gasteiger partial charge on any atom is -0.494 e. The second-order valence-electron chi connectivity index (χ2n) is 8.85. The van der Waals surface area contributed by atoms with E-state index in [0.29, 0.717) is 29.2 Å². The van der Waals surface area contributed by atoms with Gasteiger partial charge >= 0.3 is 0 Å². The molecular formula is C29H33N3O3S. The molecule has 3 aromatic carbocycles. The molecule has 0 aliphatic heterocycles. The van der Waals surface area contributed by atoms with Crippen LogP contribution in [0, 0.1) is 0 Å². The SMILES string of the molecule is CCCCCCCCOc1ccc(Nc2nc3ccccc3nc2CS(=O)(=O)c2ccccc2)cc1. The smallest absolute Gasteiger partial charge is 0.184 e. The Hall–Kier alpha value is -3.45. The maximum absolute atomic E-state index is 13.1. The van der Waals surface area contributed by atoms with E-state index in [9.17, 15) is 8.42 Å². The van der Waals surface area contributed by atoms with Crippen LogP contribution in [0.25, 0.3) is 11.0 Å². The molecule has 6 nitrogen and oxygen atoms in total. The number of anilines is 2. The summed E-state index contributed by atoms with van der Waals surface area (Å²) >= 11 is 0. The molecule has 0 unspecified atom stereocenters. The lowest BCUT2D eigenvalue weighted by molar-refractivity contribution is 0.304. The zero-order valence-electron chi connectivity index (χ0n) is 20.7. The summed E-state index contributed by atoms with van der Waals surface area (Å²) in [6.07, 6.45) is 7.35. The Kier molecular flexibility index (Phi) is 8.90. The first kappa shape index (κ1) is 25.6. The number of benzene rings is 3. The monoisotopic (exact) mass is 503 g/mol. The number of unbranched alkanes of at least 4 members (excludes halogenated alkanes) is 5. The third-order valence-corrected chi connectivity index (χ3v) is 7.60. The zero-order chi connectivity index (χ0) is 25.2. The molecule has 0 bridgehead atoms. The fraction of sp³-hybridized carbons (Fsp3) is 0.310. The average molecular weight is 504 g/mol. The lowest BCUT2D eigenvalue weighted by Gasteiger charge is -2.13. The van der Waals surface area contributed by atoms with Gasteiger partial charge in [-0.1, -0.05) is 69.4 Å². The highest BCUT2D eigenvalue weighted by Crippen LogP contribution is 2.26. The van der Waals surface area contributed by atoms with Gasteiger partial charge in [0, 0.05) is 5.69 Å². The normalized spacial score (nSPS) is 11.5. The van der Waals surface area contributed by atoms with Gasteiger partial charge in [0.05, 0.1) is 28.2 Å². The van der Waals surface area contributed by atoms with Crippen molar-refractivity contribution in [2.45, 2.75) is 56.1 Å². The topological polar surface area (TPSA) is 81.2 Å². The number of nitrogens with zero attached hydrogens (tertiary/aromatic N) is 2. The molecule has 4 rings (SSSR count). The first-order chi connectivity index (χ1) is 17.5. The van der Waals surface area contributed by atoms with Gasteiger partial charge in [0.1, 0.15) is 11.5 Å². The molecule has 0 spiro atoms. The second-order valence-corrected chi connectivity index (χ2v) is 10.8. The van der Waals surface area contributed by atoms with Gasteiger partial charge in [0.15, 0.2) is 15.7 Å². The fourth-order valence-electron chi connectivity index (χ4n) is 3.97. The summed E-state index contributed by atoms with van der Waals surface area (Å²) in [6.45, 7) is 2.93. The molecule has 0 radical (unpaired) electrons. The van der Waals surface area contributed by atoms with E-state index in [4.69, 9.17) is 9.72 Å². The van der Waals surface area contributed by atoms with Crippen LogP contribution >= 0.6 is 0 Å². The molecule has 0 aliphatic carbocycles. The third-order valence-electron chi connectivity index (χ3n) is 5.96. The highest BCUT2D eigenvalue weighted by molar-refractivity contribution is 7.90. The van der Waals surface area contributed by atoms with Crippen LogP contribution in [0.2, 0.25) is 0 Å². The van der Waals surface area contributed by atoms with Gasteiger partial charge in [0.25, 0.3) is 0 Å². The van der Waals surface area contributed by atoms with Crippen LogP contribution < -0.4 is 10.1 Å². The van der Waals surface area contributed by atoms with Gasteiger partial charge in [-0.05, 0) is 55.0 Å². The van der Waals surface area contributed by atoms with Crippen molar-refractivity contribution in [1.29, 1.82) is 0 Å². The number of ether oxygens (including phenoxy) is 1. The van der Waals surface area contributed by atoms with Crippen LogP contribution in [0.15, 0.2) is 83.8 Å². The van der Waals surface area contributed by atoms with Crippen molar-refractivity contribution < 1.29 is 13.2 Å². The molecule has 0 saturated carbocycles. The van der Waals surface area contributed by atoms with E-state index >= 15 is 0 Å². The number of sulfone groups is 1. The van der Waals surface area contributed by atoms with Gasteiger partial charge < -0.3 is 10.1 Å². The van der Waals surface area contributed by atoms with Crippen molar-refractivity contribution >= 4 is 32.4 Å². The lowest BCUT2D eigenvalue weighted by atomic mass is 10.1. The molecule has 1 N–H and O–H groups in total. The van der Waals surface area contributed by atoms with Gasteiger partial charge in [-0.2, -0.15) is 0 Å². The average Bonchev–Trinajstić information content (AvgIpc) is 2.90. The molecule has 7 heteroatoms. The van der Waals surface area contributed by atoms with E-state index in [2.05, 4.69) is 17.2 Å². The number of aromatic nitrogens is 2. The molecule has 0 saturated heterocycles. The van der Waals surface area contributed by atoms with E-state index in [1.165, 1.54) is 32.1 Å². The Labute approximate surface area is 213 Å². The Bertz CT molecular complexity index is 1360. The molecule has 36 heavy (non-hydrogen) atoms. The van der Waals surface area contributed by atoms with Crippen LogP contribution in [0.4, 0.5) is 11.5 Å². The maximum atomic E-state index is 13.1. The predicted octanol–water partition coefficient (Wildman–Crippen LogP) is 7.09. The highest BCUT2D eigenvalue weighted by Gasteiger charge is 2.20. The van der Waals surface area contributed by atoms with E-state index in [1.807, 2.05) is 48.5 Å². The molecule has 0 amide bonds. The summed E-state index contributed by atoms with van der Waals surface area (Å²) in [5.74, 6) is 0.982.